The number of aliphatic carboxylic acids is 1. The third-order valence-corrected chi connectivity index (χ3v) is 3.94. The summed E-state index contributed by atoms with van der Waals surface area (Å²) in [6, 6.07) is 11.4. The Morgan fingerprint density at radius 2 is 1.90 bits per heavy atom. The molecule has 0 heterocycles. The second kappa shape index (κ2) is 6.89. The number of rotatable bonds is 5. The maximum absolute atomic E-state index is 12.6. The van der Waals surface area contributed by atoms with Crippen LogP contribution in [0.15, 0.2) is 30.3 Å². The first kappa shape index (κ1) is 15.0. The van der Waals surface area contributed by atoms with Crippen LogP contribution in [-0.2, 0) is 16.1 Å². The number of nitrogens with zero attached hydrogens (tertiary/aromatic N) is 2. The van der Waals surface area contributed by atoms with Gasteiger partial charge >= 0.3 is 5.97 Å². The molecule has 2 unspecified atom stereocenters. The van der Waals surface area contributed by atoms with Gasteiger partial charge in [0.15, 0.2) is 0 Å². The van der Waals surface area contributed by atoms with Crippen molar-refractivity contribution in [1.82, 2.24) is 4.90 Å². The summed E-state index contributed by atoms with van der Waals surface area (Å²) in [7, 11) is 0. The van der Waals surface area contributed by atoms with Crippen LogP contribution in [0.1, 0.15) is 24.8 Å². The van der Waals surface area contributed by atoms with Crippen LogP contribution in [0.3, 0.4) is 0 Å². The molecule has 2 atom stereocenters. The maximum Gasteiger partial charge on any atom is 0.307 e. The summed E-state index contributed by atoms with van der Waals surface area (Å²) in [6.07, 6.45) is 1.88. The van der Waals surface area contributed by atoms with E-state index in [1.807, 2.05) is 36.4 Å². The second-order valence-electron chi connectivity index (χ2n) is 5.32. The van der Waals surface area contributed by atoms with Crippen LogP contribution in [0.4, 0.5) is 0 Å². The fourth-order valence-corrected chi connectivity index (χ4v) is 2.89. The molecule has 1 aromatic rings. The van der Waals surface area contributed by atoms with Crippen molar-refractivity contribution in [1.29, 1.82) is 5.26 Å². The molecule has 21 heavy (non-hydrogen) atoms. The van der Waals surface area contributed by atoms with Gasteiger partial charge in [0.25, 0.3) is 0 Å². The lowest BCUT2D eigenvalue weighted by molar-refractivity contribution is -0.149. The summed E-state index contributed by atoms with van der Waals surface area (Å²) in [5.41, 5.74) is 0.936. The maximum atomic E-state index is 12.6. The smallest absolute Gasteiger partial charge is 0.307 e. The molecule has 2 rings (SSSR count). The minimum Gasteiger partial charge on any atom is -0.481 e. The molecule has 0 spiro atoms. The zero-order valence-electron chi connectivity index (χ0n) is 11.7. The van der Waals surface area contributed by atoms with Crippen molar-refractivity contribution < 1.29 is 14.7 Å². The van der Waals surface area contributed by atoms with Gasteiger partial charge in [-0.3, -0.25) is 9.59 Å². The molecule has 1 amide bonds. The van der Waals surface area contributed by atoms with Gasteiger partial charge in [-0.05, 0) is 18.4 Å². The van der Waals surface area contributed by atoms with Gasteiger partial charge in [0.1, 0.15) is 6.54 Å². The van der Waals surface area contributed by atoms with E-state index in [9.17, 15) is 14.7 Å². The first-order valence-corrected chi connectivity index (χ1v) is 7.06. The average molecular weight is 286 g/mol. The highest BCUT2D eigenvalue weighted by atomic mass is 16.4. The summed E-state index contributed by atoms with van der Waals surface area (Å²) in [6.45, 7) is 0.326. The van der Waals surface area contributed by atoms with Gasteiger partial charge < -0.3 is 10.0 Å². The molecule has 110 valence electrons. The largest absolute Gasteiger partial charge is 0.481 e. The van der Waals surface area contributed by atoms with Crippen molar-refractivity contribution in [3.8, 4) is 6.07 Å². The fourth-order valence-electron chi connectivity index (χ4n) is 2.89. The average Bonchev–Trinajstić information content (AvgIpc) is 2.97. The summed E-state index contributed by atoms with van der Waals surface area (Å²) in [5.74, 6) is -2.25. The summed E-state index contributed by atoms with van der Waals surface area (Å²) in [5, 5.41) is 18.1. The Bertz CT molecular complexity index is 550. The monoisotopic (exact) mass is 286 g/mol. The molecular weight excluding hydrogens is 268 g/mol. The van der Waals surface area contributed by atoms with Crippen LogP contribution in [0.2, 0.25) is 0 Å². The topological polar surface area (TPSA) is 81.4 Å². The molecule has 0 bridgehead atoms. The Hall–Kier alpha value is -2.35. The molecule has 5 nitrogen and oxygen atoms in total. The SMILES string of the molecule is N#CCN(Cc1ccccc1)C(=O)C1CCCC1C(=O)O. The van der Waals surface area contributed by atoms with Gasteiger partial charge in [-0.25, -0.2) is 0 Å². The highest BCUT2D eigenvalue weighted by Gasteiger charge is 2.39. The first-order chi connectivity index (χ1) is 10.1. The molecule has 0 aromatic heterocycles. The second-order valence-corrected chi connectivity index (χ2v) is 5.32. The lowest BCUT2D eigenvalue weighted by atomic mass is 9.94. The molecule has 1 aliphatic carbocycles. The molecule has 0 aliphatic heterocycles. The quantitative estimate of drug-likeness (QED) is 0.840. The third kappa shape index (κ3) is 3.60. The van der Waals surface area contributed by atoms with Crippen molar-refractivity contribution >= 4 is 11.9 Å². The van der Waals surface area contributed by atoms with Gasteiger partial charge in [0.2, 0.25) is 5.91 Å². The van der Waals surface area contributed by atoms with E-state index < -0.39 is 17.8 Å². The van der Waals surface area contributed by atoms with Crippen molar-refractivity contribution in [3.63, 3.8) is 0 Å². The van der Waals surface area contributed by atoms with E-state index in [0.717, 1.165) is 12.0 Å². The lowest BCUT2D eigenvalue weighted by Crippen LogP contribution is -2.39. The van der Waals surface area contributed by atoms with Crippen molar-refractivity contribution in [3.05, 3.63) is 35.9 Å². The van der Waals surface area contributed by atoms with E-state index in [1.54, 1.807) is 0 Å². The van der Waals surface area contributed by atoms with Crippen LogP contribution >= 0.6 is 0 Å². The molecule has 1 aliphatic rings. The Balaban J connectivity index is 2.12. The zero-order chi connectivity index (χ0) is 15.2. The number of carboxylic acid groups (broad SMARTS) is 1. The molecule has 0 radical (unpaired) electrons. The van der Waals surface area contributed by atoms with Gasteiger partial charge in [-0.15, -0.1) is 0 Å². The van der Waals surface area contributed by atoms with Gasteiger partial charge in [-0.1, -0.05) is 36.8 Å². The minimum atomic E-state index is -0.914. The predicted molar refractivity (Wildman–Crippen MR) is 75.9 cm³/mol. The molecule has 1 aromatic carbocycles. The predicted octanol–water partition coefficient (Wildman–Crippen LogP) is 2.04. The number of hydrogen-bond acceptors (Lipinski definition) is 3. The molecule has 1 fully saturated rings. The van der Waals surface area contributed by atoms with Crippen LogP contribution < -0.4 is 0 Å². The van der Waals surface area contributed by atoms with Crippen LogP contribution in [0, 0.1) is 23.2 Å². The van der Waals surface area contributed by atoms with Crippen molar-refractivity contribution in [2.45, 2.75) is 25.8 Å². The van der Waals surface area contributed by atoms with Gasteiger partial charge in [0, 0.05) is 6.54 Å². The van der Waals surface area contributed by atoms with Crippen molar-refractivity contribution in [2.24, 2.45) is 11.8 Å². The Labute approximate surface area is 123 Å². The summed E-state index contributed by atoms with van der Waals surface area (Å²) in [4.78, 5) is 25.2. The molecule has 1 N–H and O–H groups in total. The van der Waals surface area contributed by atoms with E-state index in [-0.39, 0.29) is 12.5 Å². The number of benzene rings is 1. The van der Waals surface area contributed by atoms with E-state index in [0.29, 0.717) is 19.4 Å². The Kier molecular flexibility index (Phi) is 4.94. The number of hydrogen-bond donors (Lipinski definition) is 1. The molecule has 0 saturated heterocycles. The summed E-state index contributed by atoms with van der Waals surface area (Å²) < 4.78 is 0. The Morgan fingerprint density at radius 3 is 2.52 bits per heavy atom. The van der Waals surface area contributed by atoms with Crippen LogP contribution in [0.25, 0.3) is 0 Å². The normalized spacial score (nSPS) is 20.7. The lowest BCUT2D eigenvalue weighted by Gasteiger charge is -2.25. The van der Waals surface area contributed by atoms with E-state index >= 15 is 0 Å². The fraction of sp³-hybridized carbons (Fsp3) is 0.438. The first-order valence-electron chi connectivity index (χ1n) is 7.06. The highest BCUT2D eigenvalue weighted by molar-refractivity contribution is 5.85. The molecular formula is C16H18N2O3. The number of carboxylic acids is 1. The van der Waals surface area contributed by atoms with Crippen molar-refractivity contribution in [2.75, 3.05) is 6.54 Å². The minimum absolute atomic E-state index is 0.0173. The molecule has 1 saturated carbocycles. The molecule has 5 heteroatoms. The number of amides is 1. The van der Waals surface area contributed by atoms with E-state index in [4.69, 9.17) is 5.26 Å². The third-order valence-electron chi connectivity index (χ3n) is 3.94. The number of carbonyl (C=O) groups is 2. The number of carbonyl (C=O) groups excluding carboxylic acids is 1. The number of nitriles is 1. The van der Waals surface area contributed by atoms with Crippen LogP contribution in [-0.4, -0.2) is 28.4 Å². The van der Waals surface area contributed by atoms with Gasteiger partial charge in [-0.2, -0.15) is 5.26 Å². The van der Waals surface area contributed by atoms with Gasteiger partial charge in [0.05, 0.1) is 17.9 Å². The Morgan fingerprint density at radius 1 is 1.24 bits per heavy atom. The summed E-state index contributed by atoms with van der Waals surface area (Å²) >= 11 is 0. The van der Waals surface area contributed by atoms with E-state index in [2.05, 4.69) is 0 Å². The van der Waals surface area contributed by atoms with Crippen LogP contribution in [0.5, 0.6) is 0 Å². The zero-order valence-corrected chi connectivity index (χ0v) is 11.7. The van der Waals surface area contributed by atoms with E-state index in [1.165, 1.54) is 4.90 Å². The highest BCUT2D eigenvalue weighted by Crippen LogP contribution is 2.33. The standard InChI is InChI=1S/C16H18N2O3/c17-9-10-18(11-12-5-2-1-3-6-12)15(19)13-7-4-8-14(13)16(20)21/h1-3,5-6,13-14H,4,7-8,10-11H2,(H,20,21).